The van der Waals surface area contributed by atoms with Crippen LogP contribution in [0.15, 0.2) is 0 Å². The van der Waals surface area contributed by atoms with Gasteiger partial charge in [-0.25, -0.2) is 0 Å². The first kappa shape index (κ1) is 14.1. The highest BCUT2D eigenvalue weighted by Gasteiger charge is 2.06. The van der Waals surface area contributed by atoms with Crippen molar-refractivity contribution in [1.29, 1.82) is 0 Å². The number of hydrogen-bond acceptors (Lipinski definition) is 4. The summed E-state index contributed by atoms with van der Waals surface area (Å²) in [5.41, 5.74) is 5.63. The van der Waals surface area contributed by atoms with E-state index in [0.29, 0.717) is 6.04 Å². The van der Waals surface area contributed by atoms with Crippen LogP contribution in [0, 0.1) is 0 Å². The molecule has 0 spiro atoms. The van der Waals surface area contributed by atoms with E-state index in [-0.39, 0.29) is 0 Å². The summed E-state index contributed by atoms with van der Waals surface area (Å²) >= 11 is 0. The van der Waals surface area contributed by atoms with Gasteiger partial charge in [0.1, 0.15) is 0 Å². The Kier molecular flexibility index (Phi) is 9.64. The van der Waals surface area contributed by atoms with Crippen LogP contribution >= 0.6 is 0 Å². The fourth-order valence-corrected chi connectivity index (χ4v) is 2.00. The van der Waals surface area contributed by atoms with Crippen LogP contribution in [0.3, 0.4) is 0 Å². The molecule has 0 aromatic carbocycles. The van der Waals surface area contributed by atoms with Crippen molar-refractivity contribution >= 4 is 9.53 Å². The molecule has 0 amide bonds. The average Bonchev–Trinajstić information content (AvgIpc) is 2.22. The SMILES string of the molecule is CO[SiH](OC)OC.NC1CCCCC1. The molecule has 14 heavy (non-hydrogen) atoms. The molecule has 2 N–H and O–H groups in total. The first-order valence-electron chi connectivity index (χ1n) is 5.08. The monoisotopic (exact) mass is 221 g/mol. The van der Waals surface area contributed by atoms with E-state index in [1.165, 1.54) is 32.1 Å². The molecular formula is C9H23NO3Si. The van der Waals surface area contributed by atoms with Crippen molar-refractivity contribution in [2.45, 2.75) is 38.1 Å². The van der Waals surface area contributed by atoms with E-state index in [1.807, 2.05) is 0 Å². The van der Waals surface area contributed by atoms with E-state index in [0.717, 1.165) is 0 Å². The average molecular weight is 221 g/mol. The molecule has 4 nitrogen and oxygen atoms in total. The van der Waals surface area contributed by atoms with Gasteiger partial charge in [0.25, 0.3) is 0 Å². The highest BCUT2D eigenvalue weighted by molar-refractivity contribution is 6.36. The first-order chi connectivity index (χ1) is 6.74. The van der Waals surface area contributed by atoms with Crippen molar-refractivity contribution in [1.82, 2.24) is 0 Å². The summed E-state index contributed by atoms with van der Waals surface area (Å²) in [6.45, 7) is 0. The van der Waals surface area contributed by atoms with Crippen LogP contribution in [0.2, 0.25) is 0 Å². The molecule has 0 aliphatic heterocycles. The summed E-state index contributed by atoms with van der Waals surface area (Å²) in [6, 6.07) is 0.536. The zero-order valence-electron chi connectivity index (χ0n) is 9.49. The molecule has 0 bridgehead atoms. The van der Waals surface area contributed by atoms with E-state index >= 15 is 0 Å². The fourth-order valence-electron chi connectivity index (χ4n) is 1.42. The second kappa shape index (κ2) is 9.61. The third kappa shape index (κ3) is 7.46. The normalized spacial score (nSPS) is 17.8. The van der Waals surface area contributed by atoms with Gasteiger partial charge >= 0.3 is 9.53 Å². The summed E-state index contributed by atoms with van der Waals surface area (Å²) in [5, 5.41) is 0. The first-order valence-corrected chi connectivity index (χ1v) is 6.50. The van der Waals surface area contributed by atoms with Gasteiger partial charge in [0, 0.05) is 27.4 Å². The summed E-state index contributed by atoms with van der Waals surface area (Å²) < 4.78 is 14.2. The van der Waals surface area contributed by atoms with Gasteiger partial charge in [-0.3, -0.25) is 0 Å². The van der Waals surface area contributed by atoms with Crippen LogP contribution in [0.1, 0.15) is 32.1 Å². The number of rotatable bonds is 3. The maximum Gasteiger partial charge on any atom is 0.483 e. The Balaban J connectivity index is 0.000000241. The number of hydrogen-bond donors (Lipinski definition) is 1. The predicted octanol–water partition coefficient (Wildman–Crippen LogP) is 0.921. The maximum atomic E-state index is 5.63. The molecule has 0 atom stereocenters. The Bertz CT molecular complexity index is 111. The van der Waals surface area contributed by atoms with E-state index in [1.54, 1.807) is 21.3 Å². The minimum atomic E-state index is -1.67. The lowest BCUT2D eigenvalue weighted by Gasteiger charge is -2.15. The molecule has 0 radical (unpaired) electrons. The molecule has 0 saturated heterocycles. The Morgan fingerprint density at radius 3 is 1.50 bits per heavy atom. The largest absolute Gasteiger partial charge is 0.483 e. The third-order valence-corrected chi connectivity index (χ3v) is 3.38. The van der Waals surface area contributed by atoms with Crippen molar-refractivity contribution in [3.63, 3.8) is 0 Å². The van der Waals surface area contributed by atoms with Crippen molar-refractivity contribution in [3.8, 4) is 0 Å². The fraction of sp³-hybridized carbons (Fsp3) is 1.00. The number of nitrogens with two attached hydrogens (primary N) is 1. The second-order valence-corrected chi connectivity index (χ2v) is 5.39. The Morgan fingerprint density at radius 1 is 0.929 bits per heavy atom. The van der Waals surface area contributed by atoms with Crippen molar-refractivity contribution in [3.05, 3.63) is 0 Å². The smallest absolute Gasteiger partial charge is 0.379 e. The summed E-state index contributed by atoms with van der Waals surface area (Å²) in [4.78, 5) is 0. The van der Waals surface area contributed by atoms with Gasteiger partial charge in [0.2, 0.25) is 0 Å². The molecule has 0 unspecified atom stereocenters. The standard InChI is InChI=1S/C6H13N.C3H10O3Si/c7-6-4-2-1-3-5-6;1-4-7(5-2)6-3/h6H,1-5,7H2;7H,1-3H3. The minimum absolute atomic E-state index is 0.536. The van der Waals surface area contributed by atoms with Gasteiger partial charge in [-0.2, -0.15) is 0 Å². The molecule has 1 fully saturated rings. The van der Waals surface area contributed by atoms with Crippen LogP contribution in [-0.2, 0) is 13.3 Å². The van der Waals surface area contributed by atoms with E-state index in [4.69, 9.17) is 19.0 Å². The van der Waals surface area contributed by atoms with Gasteiger partial charge in [0.05, 0.1) is 0 Å². The Hall–Kier alpha value is 0.0569. The lowest BCUT2D eigenvalue weighted by Crippen LogP contribution is -2.22. The highest BCUT2D eigenvalue weighted by Crippen LogP contribution is 2.14. The van der Waals surface area contributed by atoms with Crippen LogP contribution in [0.25, 0.3) is 0 Å². The molecule has 5 heteroatoms. The third-order valence-electron chi connectivity index (χ3n) is 2.23. The maximum absolute atomic E-state index is 5.63. The van der Waals surface area contributed by atoms with Crippen molar-refractivity contribution in [2.24, 2.45) is 5.73 Å². The Labute approximate surface area is 88.7 Å². The molecule has 0 heterocycles. The molecule has 86 valence electrons. The van der Waals surface area contributed by atoms with Crippen LogP contribution in [-0.4, -0.2) is 36.9 Å². The minimum Gasteiger partial charge on any atom is -0.379 e. The van der Waals surface area contributed by atoms with Gasteiger partial charge in [-0.15, -0.1) is 0 Å². The quantitative estimate of drug-likeness (QED) is 0.720. The summed E-state index contributed by atoms with van der Waals surface area (Å²) in [6.07, 6.45) is 6.66. The van der Waals surface area contributed by atoms with Crippen LogP contribution < -0.4 is 5.73 Å². The molecular weight excluding hydrogens is 198 g/mol. The highest BCUT2D eigenvalue weighted by atomic mass is 28.3. The topological polar surface area (TPSA) is 53.7 Å². The molecule has 1 aliphatic carbocycles. The molecule has 1 rings (SSSR count). The lowest BCUT2D eigenvalue weighted by atomic mass is 9.97. The van der Waals surface area contributed by atoms with Crippen molar-refractivity contribution in [2.75, 3.05) is 21.3 Å². The summed E-state index contributed by atoms with van der Waals surface area (Å²) in [7, 11) is 3.05. The van der Waals surface area contributed by atoms with E-state index in [9.17, 15) is 0 Å². The van der Waals surface area contributed by atoms with Crippen molar-refractivity contribution < 1.29 is 13.3 Å². The van der Waals surface area contributed by atoms with Gasteiger partial charge in [0.15, 0.2) is 0 Å². The predicted molar refractivity (Wildman–Crippen MR) is 59.2 cm³/mol. The molecule has 0 aromatic heterocycles. The zero-order chi connectivity index (χ0) is 10.8. The van der Waals surface area contributed by atoms with E-state index < -0.39 is 9.53 Å². The van der Waals surface area contributed by atoms with Gasteiger partial charge in [-0.05, 0) is 12.8 Å². The van der Waals surface area contributed by atoms with Gasteiger partial charge < -0.3 is 19.0 Å². The summed E-state index contributed by atoms with van der Waals surface area (Å²) in [5.74, 6) is 0. The second-order valence-electron chi connectivity index (χ2n) is 3.39. The lowest BCUT2D eigenvalue weighted by molar-refractivity contribution is 0.163. The van der Waals surface area contributed by atoms with E-state index in [2.05, 4.69) is 0 Å². The zero-order valence-corrected chi connectivity index (χ0v) is 10.6. The van der Waals surface area contributed by atoms with Crippen LogP contribution in [0.5, 0.6) is 0 Å². The molecule has 1 saturated carbocycles. The van der Waals surface area contributed by atoms with Crippen LogP contribution in [0.4, 0.5) is 0 Å². The molecule has 0 aromatic rings. The Morgan fingerprint density at radius 2 is 1.36 bits per heavy atom. The van der Waals surface area contributed by atoms with Gasteiger partial charge in [-0.1, -0.05) is 19.3 Å². The molecule has 1 aliphatic rings.